The molecule has 2 aromatic heterocycles. The van der Waals surface area contributed by atoms with Gasteiger partial charge in [-0.05, 0) is 55.0 Å². The Morgan fingerprint density at radius 3 is 2.23 bits per heavy atom. The van der Waals surface area contributed by atoms with Crippen LogP contribution >= 0.6 is 0 Å². The van der Waals surface area contributed by atoms with Crippen LogP contribution in [0.1, 0.15) is 16.8 Å². The van der Waals surface area contributed by atoms with Gasteiger partial charge in [0.05, 0.1) is 0 Å². The van der Waals surface area contributed by atoms with Crippen LogP contribution in [0.15, 0.2) is 73.3 Å². The third-order valence-electron chi connectivity index (χ3n) is 3.58. The van der Waals surface area contributed by atoms with Crippen molar-refractivity contribution in [2.24, 2.45) is 0 Å². The average molecular weight is 293 g/mol. The van der Waals surface area contributed by atoms with Gasteiger partial charge in [-0.25, -0.2) is 0 Å². The van der Waals surface area contributed by atoms with E-state index >= 15 is 0 Å². The van der Waals surface area contributed by atoms with E-state index in [1.165, 1.54) is 0 Å². The molecule has 0 fully saturated rings. The van der Waals surface area contributed by atoms with E-state index in [1.54, 1.807) is 0 Å². The van der Waals surface area contributed by atoms with Crippen LogP contribution in [-0.2, 0) is 6.54 Å². The first-order valence-corrected chi connectivity index (χ1v) is 7.45. The number of carbonyl (C=O) groups excluding carboxylic acids is 1. The van der Waals surface area contributed by atoms with Crippen LogP contribution in [0.2, 0.25) is 0 Å². The van der Waals surface area contributed by atoms with Crippen LogP contribution in [0.4, 0.5) is 0 Å². The smallest absolute Gasteiger partial charge is 0.251 e. The summed E-state index contributed by atoms with van der Waals surface area (Å²) in [5.74, 6) is -0.0217. The highest BCUT2D eigenvalue weighted by molar-refractivity contribution is 5.94. The highest BCUT2D eigenvalue weighted by Gasteiger charge is 2.04. The average Bonchev–Trinajstić information content (AvgIpc) is 3.25. The molecule has 1 N–H and O–H groups in total. The molecule has 112 valence electrons. The maximum atomic E-state index is 12.1. The fraction of sp³-hybridized carbons (Fsp3) is 0.167. The largest absolute Gasteiger partial charge is 0.354 e. The van der Waals surface area contributed by atoms with E-state index in [9.17, 15) is 4.79 Å². The Morgan fingerprint density at radius 1 is 0.909 bits per heavy atom. The molecule has 4 heteroatoms. The van der Waals surface area contributed by atoms with Crippen molar-refractivity contribution < 1.29 is 4.79 Å². The Bertz CT molecular complexity index is 697. The number of amides is 1. The lowest BCUT2D eigenvalue weighted by Gasteiger charge is -2.07. The van der Waals surface area contributed by atoms with Gasteiger partial charge in [-0.3, -0.25) is 4.79 Å². The van der Waals surface area contributed by atoms with Crippen LogP contribution in [0.25, 0.3) is 5.69 Å². The van der Waals surface area contributed by atoms with E-state index < -0.39 is 0 Å². The van der Waals surface area contributed by atoms with Gasteiger partial charge in [-0.2, -0.15) is 0 Å². The van der Waals surface area contributed by atoms with Gasteiger partial charge in [-0.15, -0.1) is 0 Å². The first-order valence-electron chi connectivity index (χ1n) is 7.45. The minimum absolute atomic E-state index is 0.0217. The fourth-order valence-electron chi connectivity index (χ4n) is 2.38. The Morgan fingerprint density at radius 2 is 1.55 bits per heavy atom. The molecule has 0 saturated heterocycles. The second-order valence-electron chi connectivity index (χ2n) is 5.17. The molecule has 0 unspecified atom stereocenters. The van der Waals surface area contributed by atoms with Gasteiger partial charge in [0.1, 0.15) is 0 Å². The molecule has 0 spiro atoms. The lowest BCUT2D eigenvalue weighted by molar-refractivity contribution is 0.0953. The van der Waals surface area contributed by atoms with Crippen LogP contribution < -0.4 is 5.32 Å². The number of rotatable bonds is 6. The molecule has 2 heterocycles. The van der Waals surface area contributed by atoms with E-state index in [2.05, 4.69) is 9.88 Å². The molecule has 3 rings (SSSR count). The molecule has 1 amide bonds. The van der Waals surface area contributed by atoms with Gasteiger partial charge in [-0.1, -0.05) is 0 Å². The minimum Gasteiger partial charge on any atom is -0.354 e. The predicted octanol–water partition coefficient (Wildman–Crippen LogP) is 3.10. The third kappa shape index (κ3) is 3.47. The van der Waals surface area contributed by atoms with Gasteiger partial charge >= 0.3 is 0 Å². The standard InChI is InChI=1S/C18H19N3O/c22-18(19-10-5-13-20-11-1-2-12-20)16-6-8-17(9-7-16)21-14-3-4-15-21/h1-4,6-9,11-12,14-15H,5,10,13H2,(H,19,22). The number of nitrogens with one attached hydrogen (secondary N) is 1. The first-order chi connectivity index (χ1) is 10.8. The predicted molar refractivity (Wildman–Crippen MR) is 87.2 cm³/mol. The lowest BCUT2D eigenvalue weighted by atomic mass is 10.2. The molecule has 0 aliphatic heterocycles. The highest BCUT2D eigenvalue weighted by atomic mass is 16.1. The molecule has 3 aromatic rings. The third-order valence-corrected chi connectivity index (χ3v) is 3.58. The number of hydrogen-bond acceptors (Lipinski definition) is 1. The number of nitrogens with zero attached hydrogens (tertiary/aromatic N) is 2. The van der Waals surface area contributed by atoms with Gasteiger partial charge in [0, 0.05) is 49.1 Å². The summed E-state index contributed by atoms with van der Waals surface area (Å²) in [6.07, 6.45) is 8.94. The second-order valence-corrected chi connectivity index (χ2v) is 5.17. The normalized spacial score (nSPS) is 10.5. The van der Waals surface area contributed by atoms with Crippen molar-refractivity contribution in [3.63, 3.8) is 0 Å². The Labute approximate surface area is 130 Å². The van der Waals surface area contributed by atoms with Gasteiger partial charge in [0.15, 0.2) is 0 Å². The topological polar surface area (TPSA) is 39.0 Å². The van der Waals surface area contributed by atoms with E-state index in [1.807, 2.05) is 77.9 Å². The monoisotopic (exact) mass is 293 g/mol. The molecule has 0 radical (unpaired) electrons. The van der Waals surface area contributed by atoms with Crippen molar-refractivity contribution in [2.45, 2.75) is 13.0 Å². The van der Waals surface area contributed by atoms with Crippen molar-refractivity contribution >= 4 is 5.91 Å². The molecule has 0 saturated carbocycles. The Kier molecular flexibility index (Phi) is 4.39. The van der Waals surface area contributed by atoms with Crippen molar-refractivity contribution in [1.82, 2.24) is 14.5 Å². The molecule has 0 aliphatic rings. The minimum atomic E-state index is -0.0217. The van der Waals surface area contributed by atoms with E-state index in [0.717, 1.165) is 18.7 Å². The second kappa shape index (κ2) is 6.80. The van der Waals surface area contributed by atoms with Crippen molar-refractivity contribution in [2.75, 3.05) is 6.54 Å². The van der Waals surface area contributed by atoms with E-state index in [-0.39, 0.29) is 5.91 Å². The molecule has 0 bridgehead atoms. The summed E-state index contributed by atoms with van der Waals surface area (Å²) in [4.78, 5) is 12.1. The molecular formula is C18H19N3O. The Balaban J connectivity index is 1.49. The SMILES string of the molecule is O=C(NCCCn1cccc1)c1ccc(-n2cccc2)cc1. The number of aromatic nitrogens is 2. The summed E-state index contributed by atoms with van der Waals surface area (Å²) in [6.45, 7) is 1.59. The summed E-state index contributed by atoms with van der Waals surface area (Å²) < 4.78 is 4.12. The quantitative estimate of drug-likeness (QED) is 0.697. The summed E-state index contributed by atoms with van der Waals surface area (Å²) in [5.41, 5.74) is 1.74. The molecule has 1 aromatic carbocycles. The Hall–Kier alpha value is -2.75. The van der Waals surface area contributed by atoms with Gasteiger partial charge in [0.2, 0.25) is 0 Å². The van der Waals surface area contributed by atoms with Crippen LogP contribution in [0.3, 0.4) is 0 Å². The number of benzene rings is 1. The zero-order valence-electron chi connectivity index (χ0n) is 12.4. The zero-order chi connectivity index (χ0) is 15.2. The van der Waals surface area contributed by atoms with E-state index in [4.69, 9.17) is 0 Å². The maximum Gasteiger partial charge on any atom is 0.251 e. The lowest BCUT2D eigenvalue weighted by Crippen LogP contribution is -2.25. The van der Waals surface area contributed by atoms with Gasteiger partial charge < -0.3 is 14.5 Å². The van der Waals surface area contributed by atoms with Gasteiger partial charge in [0.25, 0.3) is 5.91 Å². The maximum absolute atomic E-state index is 12.1. The van der Waals surface area contributed by atoms with Crippen molar-refractivity contribution in [3.05, 3.63) is 78.9 Å². The summed E-state index contributed by atoms with van der Waals surface area (Å²) in [7, 11) is 0. The zero-order valence-corrected chi connectivity index (χ0v) is 12.4. The first kappa shape index (κ1) is 14.2. The number of aryl methyl sites for hydroxylation is 1. The molecule has 0 atom stereocenters. The highest BCUT2D eigenvalue weighted by Crippen LogP contribution is 2.10. The number of carbonyl (C=O) groups is 1. The summed E-state index contributed by atoms with van der Waals surface area (Å²) >= 11 is 0. The fourth-order valence-corrected chi connectivity index (χ4v) is 2.38. The summed E-state index contributed by atoms with van der Waals surface area (Å²) in [5, 5.41) is 2.96. The van der Waals surface area contributed by atoms with Crippen LogP contribution in [0, 0.1) is 0 Å². The molecule has 22 heavy (non-hydrogen) atoms. The van der Waals surface area contributed by atoms with Crippen molar-refractivity contribution in [1.29, 1.82) is 0 Å². The van der Waals surface area contributed by atoms with Crippen LogP contribution in [0.5, 0.6) is 0 Å². The van der Waals surface area contributed by atoms with E-state index in [0.29, 0.717) is 12.1 Å². The molecule has 4 nitrogen and oxygen atoms in total. The van der Waals surface area contributed by atoms with Crippen molar-refractivity contribution in [3.8, 4) is 5.69 Å². The molecule has 0 aliphatic carbocycles. The summed E-state index contributed by atoms with van der Waals surface area (Å²) in [6, 6.07) is 15.6. The van der Waals surface area contributed by atoms with Crippen LogP contribution in [-0.4, -0.2) is 21.6 Å². The number of hydrogen-bond donors (Lipinski definition) is 1. The molecular weight excluding hydrogens is 274 g/mol.